The van der Waals surface area contributed by atoms with Crippen molar-refractivity contribution in [1.82, 2.24) is 4.90 Å². The molecule has 1 fully saturated rings. The van der Waals surface area contributed by atoms with Crippen LogP contribution in [0.15, 0.2) is 0 Å². The number of carbonyl (C=O) groups is 2. The number of nitrogens with one attached hydrogen (secondary N) is 1. The van der Waals surface area contributed by atoms with Crippen molar-refractivity contribution in [3.63, 3.8) is 0 Å². The zero-order chi connectivity index (χ0) is 17.0. The minimum atomic E-state index is -0.397. The lowest BCUT2D eigenvalue weighted by Gasteiger charge is -2.34. The molecule has 0 spiro atoms. The predicted octanol–water partition coefficient (Wildman–Crippen LogP) is 3.35. The molecule has 6 heteroatoms. The summed E-state index contributed by atoms with van der Waals surface area (Å²) in [4.78, 5) is 27.7. The first-order valence-electron chi connectivity index (χ1n) is 8.20. The maximum Gasteiger partial charge on any atom is 0.341 e. The molecule has 1 aliphatic rings. The standard InChI is InChI=1S/C17H26N2O3S/c1-5-13-8-6-7-9-19(13)10-14(20)18-16-15(17(21)22-4)11(2)12(3)23-16/h13H,5-10H2,1-4H3,(H,18,20). The molecule has 1 saturated heterocycles. The fraction of sp³-hybridized carbons (Fsp3) is 0.647. The van der Waals surface area contributed by atoms with Crippen molar-refractivity contribution in [3.05, 3.63) is 16.0 Å². The molecule has 0 radical (unpaired) electrons. The highest BCUT2D eigenvalue weighted by Gasteiger charge is 2.25. The van der Waals surface area contributed by atoms with Crippen LogP contribution >= 0.6 is 11.3 Å². The van der Waals surface area contributed by atoms with Crippen molar-refractivity contribution in [3.8, 4) is 0 Å². The smallest absolute Gasteiger partial charge is 0.341 e. The average molecular weight is 338 g/mol. The maximum atomic E-state index is 12.4. The summed E-state index contributed by atoms with van der Waals surface area (Å²) in [6, 6.07) is 0.487. The van der Waals surface area contributed by atoms with E-state index in [2.05, 4.69) is 17.1 Å². The number of hydrogen-bond acceptors (Lipinski definition) is 5. The van der Waals surface area contributed by atoms with Crippen molar-refractivity contribution in [2.24, 2.45) is 0 Å². The first-order valence-corrected chi connectivity index (χ1v) is 9.01. The third-order valence-electron chi connectivity index (χ3n) is 4.59. The van der Waals surface area contributed by atoms with Gasteiger partial charge in [0.1, 0.15) is 5.00 Å². The van der Waals surface area contributed by atoms with E-state index in [0.29, 0.717) is 23.2 Å². The quantitative estimate of drug-likeness (QED) is 0.837. The summed E-state index contributed by atoms with van der Waals surface area (Å²) >= 11 is 1.43. The second kappa shape index (κ2) is 7.93. The molecule has 128 valence electrons. The maximum absolute atomic E-state index is 12.4. The molecule has 1 unspecified atom stereocenters. The van der Waals surface area contributed by atoms with Gasteiger partial charge in [0.25, 0.3) is 0 Å². The number of hydrogen-bond donors (Lipinski definition) is 1. The summed E-state index contributed by atoms with van der Waals surface area (Å²) in [5.74, 6) is -0.455. The SMILES string of the molecule is CCC1CCCCN1CC(=O)Nc1sc(C)c(C)c1C(=O)OC. The first-order chi connectivity index (χ1) is 11.0. The summed E-state index contributed by atoms with van der Waals surface area (Å²) in [7, 11) is 1.36. The molecule has 2 heterocycles. The largest absolute Gasteiger partial charge is 0.465 e. The molecule has 1 amide bonds. The lowest BCUT2D eigenvalue weighted by atomic mass is 10.0. The Morgan fingerprint density at radius 3 is 2.74 bits per heavy atom. The van der Waals surface area contributed by atoms with Crippen LogP contribution in [0.1, 0.15) is 53.4 Å². The number of piperidine rings is 1. The number of likely N-dealkylation sites (tertiary alicyclic amines) is 1. The molecule has 0 saturated carbocycles. The van der Waals surface area contributed by atoms with Gasteiger partial charge >= 0.3 is 5.97 Å². The Balaban J connectivity index is 2.08. The van der Waals surface area contributed by atoms with Crippen LogP contribution in [-0.2, 0) is 9.53 Å². The van der Waals surface area contributed by atoms with Gasteiger partial charge in [0.05, 0.1) is 19.2 Å². The van der Waals surface area contributed by atoms with E-state index in [0.717, 1.165) is 36.2 Å². The summed E-state index contributed by atoms with van der Waals surface area (Å²) in [5, 5.41) is 3.52. The van der Waals surface area contributed by atoms with Crippen LogP contribution in [0.5, 0.6) is 0 Å². The first kappa shape index (κ1) is 17.9. The molecule has 1 N–H and O–H groups in total. The number of anilines is 1. The number of thiophene rings is 1. The number of methoxy groups -OCH3 is 1. The van der Waals surface area contributed by atoms with Crippen LogP contribution in [0.25, 0.3) is 0 Å². The molecule has 1 atom stereocenters. The van der Waals surface area contributed by atoms with Crippen molar-refractivity contribution >= 4 is 28.2 Å². The van der Waals surface area contributed by atoms with Gasteiger partial charge < -0.3 is 10.1 Å². The van der Waals surface area contributed by atoms with E-state index >= 15 is 0 Å². The topological polar surface area (TPSA) is 58.6 Å². The van der Waals surface area contributed by atoms with E-state index in [1.807, 2.05) is 13.8 Å². The number of carbonyl (C=O) groups excluding carboxylic acids is 2. The van der Waals surface area contributed by atoms with Gasteiger partial charge in [0, 0.05) is 10.9 Å². The van der Waals surface area contributed by atoms with E-state index in [9.17, 15) is 9.59 Å². The van der Waals surface area contributed by atoms with Gasteiger partial charge in [-0.15, -0.1) is 11.3 Å². The van der Waals surface area contributed by atoms with Gasteiger partial charge in [-0.2, -0.15) is 0 Å². The van der Waals surface area contributed by atoms with E-state index in [-0.39, 0.29) is 5.91 Å². The average Bonchev–Trinajstić information content (AvgIpc) is 2.81. The fourth-order valence-corrected chi connectivity index (χ4v) is 4.21. The summed E-state index contributed by atoms with van der Waals surface area (Å²) < 4.78 is 4.84. The Bertz CT molecular complexity index is 583. The third-order valence-corrected chi connectivity index (χ3v) is 5.72. The minimum Gasteiger partial charge on any atom is -0.465 e. The Morgan fingerprint density at radius 2 is 2.09 bits per heavy atom. The van der Waals surface area contributed by atoms with E-state index < -0.39 is 5.97 Å². The molecule has 0 aromatic carbocycles. The zero-order valence-corrected chi connectivity index (χ0v) is 15.2. The molecule has 0 bridgehead atoms. The van der Waals surface area contributed by atoms with Crippen molar-refractivity contribution in [2.75, 3.05) is 25.5 Å². The number of rotatable bonds is 5. The normalized spacial score (nSPS) is 18.7. The van der Waals surface area contributed by atoms with Gasteiger partial charge in [-0.1, -0.05) is 13.3 Å². The molecule has 5 nitrogen and oxygen atoms in total. The molecule has 0 aliphatic carbocycles. The van der Waals surface area contributed by atoms with Gasteiger partial charge in [0.15, 0.2) is 0 Å². The van der Waals surface area contributed by atoms with Crippen molar-refractivity contribution in [2.45, 2.75) is 52.5 Å². The molecular weight excluding hydrogens is 312 g/mol. The Morgan fingerprint density at radius 1 is 1.35 bits per heavy atom. The molecule has 1 aliphatic heterocycles. The van der Waals surface area contributed by atoms with E-state index in [4.69, 9.17) is 4.74 Å². The lowest BCUT2D eigenvalue weighted by Crippen LogP contribution is -2.43. The molecular formula is C17H26N2O3S. The predicted molar refractivity (Wildman–Crippen MR) is 93.3 cm³/mol. The number of esters is 1. The van der Waals surface area contributed by atoms with Crippen LogP contribution < -0.4 is 5.32 Å². The van der Waals surface area contributed by atoms with Crippen molar-refractivity contribution in [1.29, 1.82) is 0 Å². The number of nitrogens with zero attached hydrogens (tertiary/aromatic N) is 1. The van der Waals surface area contributed by atoms with Gasteiger partial charge in [-0.3, -0.25) is 9.69 Å². The number of ether oxygens (including phenoxy) is 1. The Hall–Kier alpha value is -1.40. The van der Waals surface area contributed by atoms with Crippen LogP contribution in [0, 0.1) is 13.8 Å². The van der Waals surface area contributed by atoms with Crippen LogP contribution in [-0.4, -0.2) is 43.0 Å². The fourth-order valence-electron chi connectivity index (χ4n) is 3.14. The second-order valence-electron chi connectivity index (χ2n) is 6.06. The molecule has 1 aromatic heterocycles. The molecule has 1 aromatic rings. The van der Waals surface area contributed by atoms with Crippen molar-refractivity contribution < 1.29 is 14.3 Å². The highest BCUT2D eigenvalue weighted by Crippen LogP contribution is 2.33. The van der Waals surface area contributed by atoms with E-state index in [1.165, 1.54) is 24.9 Å². The number of aryl methyl sites for hydroxylation is 1. The number of amides is 1. The van der Waals surface area contributed by atoms with Gasteiger partial charge in [-0.05, 0) is 45.2 Å². The third kappa shape index (κ3) is 4.12. The van der Waals surface area contributed by atoms with Gasteiger partial charge in [0.2, 0.25) is 5.91 Å². The second-order valence-corrected chi connectivity index (χ2v) is 7.28. The van der Waals surface area contributed by atoms with E-state index in [1.54, 1.807) is 0 Å². The molecule has 23 heavy (non-hydrogen) atoms. The highest BCUT2D eigenvalue weighted by atomic mass is 32.1. The monoisotopic (exact) mass is 338 g/mol. The van der Waals surface area contributed by atoms with Crippen LogP contribution in [0.2, 0.25) is 0 Å². The lowest BCUT2D eigenvalue weighted by molar-refractivity contribution is -0.118. The highest BCUT2D eigenvalue weighted by molar-refractivity contribution is 7.16. The Labute approximate surface area is 142 Å². The zero-order valence-electron chi connectivity index (χ0n) is 14.4. The van der Waals surface area contributed by atoms with Crippen LogP contribution in [0.3, 0.4) is 0 Å². The van der Waals surface area contributed by atoms with Crippen LogP contribution in [0.4, 0.5) is 5.00 Å². The summed E-state index contributed by atoms with van der Waals surface area (Å²) in [6.07, 6.45) is 4.62. The minimum absolute atomic E-state index is 0.0586. The van der Waals surface area contributed by atoms with Gasteiger partial charge in [-0.25, -0.2) is 4.79 Å². The Kier molecular flexibility index (Phi) is 6.18. The molecule has 2 rings (SSSR count). The summed E-state index contributed by atoms with van der Waals surface area (Å²) in [5.41, 5.74) is 1.36. The summed E-state index contributed by atoms with van der Waals surface area (Å²) in [6.45, 7) is 7.35.